The van der Waals surface area contributed by atoms with Gasteiger partial charge in [-0.05, 0) is 37.5 Å². The van der Waals surface area contributed by atoms with Crippen LogP contribution in [0.1, 0.15) is 52.1 Å². The Hall–Kier alpha value is -0.710. The molecule has 2 N–H and O–H groups in total. The number of nitrogens with zero attached hydrogens (tertiary/aromatic N) is 1. The minimum Gasteiger partial charge on any atom is -0.393 e. The molecule has 130 valence electrons. The highest BCUT2D eigenvalue weighted by Crippen LogP contribution is 2.24. The van der Waals surface area contributed by atoms with Gasteiger partial charge in [-0.1, -0.05) is 32.9 Å². The fourth-order valence-corrected chi connectivity index (χ4v) is 3.68. The number of aliphatic hydroxyl groups excluding tert-OH is 1. The Balaban J connectivity index is 1.79. The van der Waals surface area contributed by atoms with Gasteiger partial charge >= 0.3 is 0 Å². The van der Waals surface area contributed by atoms with Gasteiger partial charge in [0, 0.05) is 41.9 Å². The van der Waals surface area contributed by atoms with Gasteiger partial charge in [0.2, 0.25) is 0 Å². The van der Waals surface area contributed by atoms with Crippen LogP contribution in [0, 0.1) is 0 Å². The van der Waals surface area contributed by atoms with E-state index in [1.54, 1.807) is 0 Å². The van der Waals surface area contributed by atoms with Gasteiger partial charge in [-0.3, -0.25) is 0 Å². The van der Waals surface area contributed by atoms with E-state index in [1.165, 1.54) is 11.3 Å². The lowest BCUT2D eigenvalue weighted by Gasteiger charge is -2.31. The number of aliphatic hydroxyl groups is 1. The van der Waals surface area contributed by atoms with E-state index in [1.807, 2.05) is 11.8 Å². The van der Waals surface area contributed by atoms with E-state index in [2.05, 4.69) is 62.2 Å². The van der Waals surface area contributed by atoms with Crippen LogP contribution in [-0.4, -0.2) is 41.3 Å². The lowest BCUT2D eigenvalue weighted by Crippen LogP contribution is -2.35. The molecule has 0 amide bonds. The monoisotopic (exact) mass is 336 g/mol. The lowest BCUT2D eigenvalue weighted by atomic mass is 10.0. The predicted molar refractivity (Wildman–Crippen MR) is 103 cm³/mol. The van der Waals surface area contributed by atoms with Gasteiger partial charge in [-0.15, -0.1) is 0 Å². The van der Waals surface area contributed by atoms with Crippen LogP contribution in [-0.2, 0) is 0 Å². The topological polar surface area (TPSA) is 35.5 Å². The molecule has 1 aromatic rings. The largest absolute Gasteiger partial charge is 0.393 e. The average Bonchev–Trinajstić information content (AvgIpc) is 2.51. The molecule has 0 bridgehead atoms. The molecule has 1 aliphatic heterocycles. The summed E-state index contributed by atoms with van der Waals surface area (Å²) >= 11 is 2.00. The summed E-state index contributed by atoms with van der Waals surface area (Å²) in [6, 6.07) is 9.28. The lowest BCUT2D eigenvalue weighted by molar-refractivity contribution is 0.145. The number of benzene rings is 1. The Labute approximate surface area is 145 Å². The summed E-state index contributed by atoms with van der Waals surface area (Å²) in [6.45, 7) is 12.0. The molecule has 0 aromatic heterocycles. The smallest absolute Gasteiger partial charge is 0.0574 e. The maximum absolute atomic E-state index is 9.61. The van der Waals surface area contributed by atoms with Crippen LogP contribution in [0.3, 0.4) is 0 Å². The first-order valence-corrected chi connectivity index (χ1v) is 9.74. The van der Waals surface area contributed by atoms with Crippen molar-refractivity contribution in [3.8, 4) is 0 Å². The summed E-state index contributed by atoms with van der Waals surface area (Å²) in [7, 11) is 0. The van der Waals surface area contributed by atoms with Crippen LogP contribution in [0.25, 0.3) is 0 Å². The molecule has 0 spiro atoms. The van der Waals surface area contributed by atoms with Crippen molar-refractivity contribution in [2.24, 2.45) is 0 Å². The second-order valence-electron chi connectivity index (χ2n) is 7.45. The molecule has 2 rings (SSSR count). The highest BCUT2D eigenvalue weighted by atomic mass is 32.2. The predicted octanol–water partition coefficient (Wildman–Crippen LogP) is 3.83. The number of nitrogens with one attached hydrogen (secondary N) is 1. The van der Waals surface area contributed by atoms with Crippen molar-refractivity contribution >= 4 is 17.4 Å². The van der Waals surface area contributed by atoms with Crippen molar-refractivity contribution < 1.29 is 5.11 Å². The standard InChI is InChI=1S/C19H32N2OS/c1-15(20-11-14-23-19(2,3)4)16-5-7-17(8-6-16)21-12-9-18(22)10-13-21/h5-8,15,18,20,22H,9-14H2,1-4H3. The van der Waals surface area contributed by atoms with E-state index >= 15 is 0 Å². The van der Waals surface area contributed by atoms with Crippen LogP contribution < -0.4 is 10.2 Å². The average molecular weight is 337 g/mol. The van der Waals surface area contributed by atoms with Gasteiger partial charge in [-0.25, -0.2) is 0 Å². The highest BCUT2D eigenvalue weighted by molar-refractivity contribution is 8.00. The molecule has 0 radical (unpaired) electrons. The van der Waals surface area contributed by atoms with Crippen LogP contribution in [0.5, 0.6) is 0 Å². The molecule has 23 heavy (non-hydrogen) atoms. The third-order valence-corrected chi connectivity index (χ3v) is 5.58. The van der Waals surface area contributed by atoms with E-state index in [4.69, 9.17) is 0 Å². The molecule has 1 fully saturated rings. The number of hydrogen-bond donors (Lipinski definition) is 2. The molecule has 1 unspecified atom stereocenters. The first-order valence-electron chi connectivity index (χ1n) is 8.75. The van der Waals surface area contributed by atoms with E-state index in [0.717, 1.165) is 38.2 Å². The Kier molecular flexibility index (Phi) is 6.81. The molecule has 1 heterocycles. The van der Waals surface area contributed by atoms with Crippen molar-refractivity contribution in [3.63, 3.8) is 0 Å². The first kappa shape index (κ1) is 18.6. The van der Waals surface area contributed by atoms with Crippen LogP contribution in [0.15, 0.2) is 24.3 Å². The molecule has 3 nitrogen and oxygen atoms in total. The van der Waals surface area contributed by atoms with Gasteiger partial charge in [0.25, 0.3) is 0 Å². The molecule has 1 saturated heterocycles. The van der Waals surface area contributed by atoms with Crippen LogP contribution in [0.2, 0.25) is 0 Å². The van der Waals surface area contributed by atoms with Gasteiger partial charge in [0.05, 0.1) is 6.10 Å². The van der Waals surface area contributed by atoms with Crippen LogP contribution >= 0.6 is 11.8 Å². The van der Waals surface area contributed by atoms with Gasteiger partial charge < -0.3 is 15.3 Å². The summed E-state index contributed by atoms with van der Waals surface area (Å²) in [6.07, 6.45) is 1.65. The van der Waals surface area contributed by atoms with Gasteiger partial charge in [0.1, 0.15) is 0 Å². The zero-order chi connectivity index (χ0) is 16.9. The highest BCUT2D eigenvalue weighted by Gasteiger charge is 2.17. The summed E-state index contributed by atoms with van der Waals surface area (Å²) in [5.41, 5.74) is 2.61. The third kappa shape index (κ3) is 6.36. The van der Waals surface area contributed by atoms with E-state index < -0.39 is 0 Å². The Bertz CT molecular complexity index is 461. The minimum atomic E-state index is -0.110. The molecule has 4 heteroatoms. The SMILES string of the molecule is CC(NCCSC(C)(C)C)c1ccc(N2CCC(O)CC2)cc1. The number of piperidine rings is 1. The van der Waals surface area contributed by atoms with Crippen molar-refractivity contribution in [1.82, 2.24) is 5.32 Å². The second kappa shape index (κ2) is 8.41. The zero-order valence-corrected chi connectivity index (χ0v) is 15.8. The maximum atomic E-state index is 9.61. The number of rotatable bonds is 6. The number of anilines is 1. The Morgan fingerprint density at radius 1 is 1.22 bits per heavy atom. The fourth-order valence-electron chi connectivity index (χ4n) is 2.85. The van der Waals surface area contributed by atoms with E-state index in [-0.39, 0.29) is 6.10 Å². The quantitative estimate of drug-likeness (QED) is 0.774. The Morgan fingerprint density at radius 3 is 2.39 bits per heavy atom. The van der Waals surface area contributed by atoms with E-state index in [9.17, 15) is 5.11 Å². The van der Waals surface area contributed by atoms with Crippen molar-refractivity contribution in [2.75, 3.05) is 30.3 Å². The molecule has 0 aliphatic carbocycles. The van der Waals surface area contributed by atoms with Crippen molar-refractivity contribution in [2.45, 2.75) is 57.4 Å². The molecule has 1 atom stereocenters. The van der Waals surface area contributed by atoms with E-state index in [0.29, 0.717) is 10.8 Å². The third-order valence-electron chi connectivity index (χ3n) is 4.31. The molecule has 0 saturated carbocycles. The molecular weight excluding hydrogens is 304 g/mol. The zero-order valence-electron chi connectivity index (χ0n) is 15.0. The summed E-state index contributed by atoms with van der Waals surface area (Å²) < 4.78 is 0.342. The van der Waals surface area contributed by atoms with Crippen molar-refractivity contribution in [3.05, 3.63) is 29.8 Å². The molecular formula is C19H32N2OS. The first-order chi connectivity index (χ1) is 10.8. The second-order valence-corrected chi connectivity index (χ2v) is 9.37. The van der Waals surface area contributed by atoms with Crippen molar-refractivity contribution in [1.29, 1.82) is 0 Å². The summed E-state index contributed by atoms with van der Waals surface area (Å²) in [5.74, 6) is 1.14. The van der Waals surface area contributed by atoms with Gasteiger partial charge in [-0.2, -0.15) is 11.8 Å². The van der Waals surface area contributed by atoms with Crippen LogP contribution in [0.4, 0.5) is 5.69 Å². The molecule has 1 aliphatic rings. The van der Waals surface area contributed by atoms with Gasteiger partial charge in [0.15, 0.2) is 0 Å². The minimum absolute atomic E-state index is 0.110. The Morgan fingerprint density at radius 2 is 1.83 bits per heavy atom. The fraction of sp³-hybridized carbons (Fsp3) is 0.684. The maximum Gasteiger partial charge on any atom is 0.0574 e. The number of hydrogen-bond acceptors (Lipinski definition) is 4. The normalized spacial score (nSPS) is 18.2. The summed E-state index contributed by atoms with van der Waals surface area (Å²) in [4.78, 5) is 2.37. The number of thioether (sulfide) groups is 1. The molecule has 1 aromatic carbocycles. The summed E-state index contributed by atoms with van der Waals surface area (Å²) in [5, 5.41) is 13.2.